The van der Waals surface area contributed by atoms with Crippen molar-refractivity contribution in [2.24, 2.45) is 7.05 Å². The van der Waals surface area contributed by atoms with Gasteiger partial charge in [-0.2, -0.15) is 0 Å². The number of para-hydroxylation sites is 1. The maximum Gasteiger partial charge on any atom is 0.267 e. The van der Waals surface area contributed by atoms with Crippen LogP contribution in [0, 0.1) is 6.92 Å². The number of pyridine rings is 1. The maximum absolute atomic E-state index is 13.1. The Bertz CT molecular complexity index is 1010. The molecule has 1 heterocycles. The zero-order chi connectivity index (χ0) is 20.1. The largest absolute Gasteiger partial charge is 0.506 e. The van der Waals surface area contributed by atoms with E-state index in [0.29, 0.717) is 23.1 Å². The molecule has 0 saturated heterocycles. The number of amides is 1. The Morgan fingerprint density at radius 3 is 2.30 bits per heavy atom. The van der Waals surface area contributed by atoms with E-state index in [4.69, 9.17) is 0 Å². The third-order valence-electron chi connectivity index (χ3n) is 4.45. The molecule has 0 spiro atoms. The lowest BCUT2D eigenvalue weighted by Gasteiger charge is -2.22. The van der Waals surface area contributed by atoms with Crippen LogP contribution in [0.2, 0.25) is 0 Å². The van der Waals surface area contributed by atoms with Gasteiger partial charge in [0.2, 0.25) is 0 Å². The van der Waals surface area contributed by atoms with E-state index in [2.05, 4.69) is 0 Å². The molecule has 0 saturated carbocycles. The molecule has 1 aromatic heterocycles. The normalized spacial score (nSPS) is 10.3. The van der Waals surface area contributed by atoms with Crippen LogP contribution < -0.4 is 10.5 Å². The van der Waals surface area contributed by atoms with Gasteiger partial charge in [0.05, 0.1) is 5.52 Å². The molecule has 1 amide bonds. The highest BCUT2D eigenvalue weighted by atomic mass is 16.3. The van der Waals surface area contributed by atoms with Crippen molar-refractivity contribution in [1.82, 2.24) is 4.57 Å². The fourth-order valence-electron chi connectivity index (χ4n) is 3.12. The van der Waals surface area contributed by atoms with Crippen molar-refractivity contribution in [3.8, 4) is 5.75 Å². The van der Waals surface area contributed by atoms with E-state index < -0.39 is 11.5 Å². The molecule has 1 N–H and O–H groups in total. The van der Waals surface area contributed by atoms with Crippen LogP contribution in [0.5, 0.6) is 5.75 Å². The first-order chi connectivity index (χ1) is 13.0. The molecule has 3 aromatic rings. The van der Waals surface area contributed by atoms with Gasteiger partial charge in [0.25, 0.3) is 11.5 Å². The lowest BCUT2D eigenvalue weighted by Crippen LogP contribution is -2.36. The highest BCUT2D eigenvalue weighted by molar-refractivity contribution is 6.10. The van der Waals surface area contributed by atoms with Crippen molar-refractivity contribution in [2.75, 3.05) is 11.4 Å². The lowest BCUT2D eigenvalue weighted by atomic mass is 10.0. The first kappa shape index (κ1) is 20.2. The second-order valence-corrected chi connectivity index (χ2v) is 5.94. The number of carbonyl (C=O) groups is 1. The van der Waals surface area contributed by atoms with Gasteiger partial charge in [-0.25, -0.2) is 0 Å². The molecule has 2 aromatic carbocycles. The Kier molecular flexibility index (Phi) is 6.40. The number of benzene rings is 2. The van der Waals surface area contributed by atoms with E-state index in [1.54, 1.807) is 25.2 Å². The number of aryl methyl sites for hydroxylation is 2. The zero-order valence-electron chi connectivity index (χ0n) is 16.5. The monoisotopic (exact) mass is 366 g/mol. The molecule has 27 heavy (non-hydrogen) atoms. The van der Waals surface area contributed by atoms with Crippen molar-refractivity contribution in [3.05, 3.63) is 70.0 Å². The number of hydrogen-bond acceptors (Lipinski definition) is 3. The third kappa shape index (κ3) is 3.58. The van der Waals surface area contributed by atoms with E-state index in [-0.39, 0.29) is 11.3 Å². The molecule has 5 heteroatoms. The molecule has 0 aliphatic carbocycles. The van der Waals surface area contributed by atoms with Gasteiger partial charge in [-0.3, -0.25) is 9.59 Å². The van der Waals surface area contributed by atoms with Gasteiger partial charge in [-0.05, 0) is 37.6 Å². The van der Waals surface area contributed by atoms with Gasteiger partial charge in [-0.15, -0.1) is 0 Å². The number of carbonyl (C=O) groups excluding carboxylic acids is 1. The maximum atomic E-state index is 13.1. The van der Waals surface area contributed by atoms with Gasteiger partial charge < -0.3 is 14.6 Å². The molecular formula is C22H26N2O3. The van der Waals surface area contributed by atoms with Crippen molar-refractivity contribution < 1.29 is 9.90 Å². The van der Waals surface area contributed by atoms with E-state index in [1.165, 1.54) is 9.47 Å². The summed E-state index contributed by atoms with van der Waals surface area (Å²) in [6.45, 7) is 8.06. The summed E-state index contributed by atoms with van der Waals surface area (Å²) in [5.41, 5.74) is 1.38. The number of hydrogen-bond donors (Lipinski definition) is 1. The second kappa shape index (κ2) is 8.54. The smallest absolute Gasteiger partial charge is 0.267 e. The predicted molar refractivity (Wildman–Crippen MR) is 111 cm³/mol. The molecule has 3 rings (SSSR count). The van der Waals surface area contributed by atoms with Crippen LogP contribution in [0.3, 0.4) is 0 Å². The Balaban J connectivity index is 0.00000126. The van der Waals surface area contributed by atoms with Gasteiger partial charge >= 0.3 is 0 Å². The quantitative estimate of drug-likeness (QED) is 0.754. The molecular weight excluding hydrogens is 340 g/mol. The fraction of sp³-hybridized carbons (Fsp3) is 0.273. The van der Waals surface area contributed by atoms with Crippen molar-refractivity contribution >= 4 is 22.5 Å². The van der Waals surface area contributed by atoms with Crippen molar-refractivity contribution in [2.45, 2.75) is 27.7 Å². The average Bonchev–Trinajstić information content (AvgIpc) is 2.69. The van der Waals surface area contributed by atoms with Crippen LogP contribution in [-0.2, 0) is 7.05 Å². The van der Waals surface area contributed by atoms with E-state index in [0.717, 1.165) is 5.56 Å². The minimum Gasteiger partial charge on any atom is -0.506 e. The van der Waals surface area contributed by atoms with Crippen LogP contribution >= 0.6 is 0 Å². The Morgan fingerprint density at radius 1 is 1.07 bits per heavy atom. The number of rotatable bonds is 3. The van der Waals surface area contributed by atoms with Gasteiger partial charge in [0.1, 0.15) is 11.3 Å². The number of fused-ring (bicyclic) bond motifs is 1. The Morgan fingerprint density at radius 2 is 1.70 bits per heavy atom. The van der Waals surface area contributed by atoms with Crippen molar-refractivity contribution in [3.63, 3.8) is 0 Å². The Labute approximate surface area is 159 Å². The molecule has 142 valence electrons. The number of nitrogens with zero attached hydrogens (tertiary/aromatic N) is 2. The molecule has 0 bridgehead atoms. The first-order valence-electron chi connectivity index (χ1n) is 9.15. The predicted octanol–water partition coefficient (Wildman–Crippen LogP) is 4.25. The van der Waals surface area contributed by atoms with E-state index in [9.17, 15) is 14.7 Å². The highest BCUT2D eigenvalue weighted by Crippen LogP contribution is 2.30. The minimum absolute atomic E-state index is 0.199. The fourth-order valence-corrected chi connectivity index (χ4v) is 3.12. The third-order valence-corrected chi connectivity index (χ3v) is 4.45. The average molecular weight is 366 g/mol. The molecule has 5 nitrogen and oxygen atoms in total. The zero-order valence-corrected chi connectivity index (χ0v) is 16.5. The highest BCUT2D eigenvalue weighted by Gasteiger charge is 2.26. The van der Waals surface area contributed by atoms with Gasteiger partial charge in [0, 0.05) is 24.7 Å². The molecule has 0 aliphatic rings. The second-order valence-electron chi connectivity index (χ2n) is 5.94. The SMILES string of the molecule is CC.CCN(C(=O)c1c(O)c2c(C)cccc2n(C)c1=O)c1ccccc1. The number of aromatic nitrogens is 1. The first-order valence-corrected chi connectivity index (χ1v) is 9.15. The lowest BCUT2D eigenvalue weighted by molar-refractivity contribution is 0.0984. The van der Waals surface area contributed by atoms with Crippen molar-refractivity contribution in [1.29, 1.82) is 0 Å². The Hall–Kier alpha value is -3.08. The number of anilines is 1. The standard InChI is InChI=1S/C20H20N2O3.C2H6/c1-4-22(14-10-6-5-7-11-14)20(25)17-18(23)16-13(2)9-8-12-15(16)21(3)19(17)24;1-2/h5-12,23H,4H2,1-3H3;1-2H3. The van der Waals surface area contributed by atoms with Crippen LogP contribution in [-0.4, -0.2) is 22.1 Å². The molecule has 0 atom stereocenters. The van der Waals surface area contributed by atoms with Gasteiger partial charge in [-0.1, -0.05) is 44.2 Å². The molecule has 0 unspecified atom stereocenters. The summed E-state index contributed by atoms with van der Waals surface area (Å²) in [5, 5.41) is 11.3. The summed E-state index contributed by atoms with van der Waals surface area (Å²) in [7, 11) is 1.61. The topological polar surface area (TPSA) is 62.5 Å². The van der Waals surface area contributed by atoms with Crippen LogP contribution in [0.1, 0.15) is 36.7 Å². The summed E-state index contributed by atoms with van der Waals surface area (Å²) in [4.78, 5) is 27.3. The van der Waals surface area contributed by atoms with Crippen LogP contribution in [0.15, 0.2) is 53.3 Å². The van der Waals surface area contributed by atoms with Gasteiger partial charge in [0.15, 0.2) is 0 Å². The van der Waals surface area contributed by atoms with Crippen LogP contribution in [0.25, 0.3) is 10.9 Å². The van der Waals surface area contributed by atoms with E-state index in [1.807, 2.05) is 58.0 Å². The molecule has 0 aliphatic heterocycles. The van der Waals surface area contributed by atoms with E-state index >= 15 is 0 Å². The molecule has 0 fully saturated rings. The van der Waals surface area contributed by atoms with Crippen LogP contribution in [0.4, 0.5) is 5.69 Å². The minimum atomic E-state index is -0.505. The summed E-state index contributed by atoms with van der Waals surface area (Å²) >= 11 is 0. The summed E-state index contributed by atoms with van der Waals surface area (Å²) < 4.78 is 1.41. The summed E-state index contributed by atoms with van der Waals surface area (Å²) in [6, 6.07) is 14.5. The summed E-state index contributed by atoms with van der Waals surface area (Å²) in [5.74, 6) is -0.757. The summed E-state index contributed by atoms with van der Waals surface area (Å²) in [6.07, 6.45) is 0. The number of aromatic hydroxyl groups is 1. The molecule has 0 radical (unpaired) electrons.